The minimum absolute atomic E-state index is 2.01. The fourth-order valence-corrected chi connectivity index (χ4v) is 0. The summed E-state index contributed by atoms with van der Waals surface area (Å²) in [6.07, 6.45) is 0. The van der Waals surface area contributed by atoms with Crippen LogP contribution in [0.3, 0.4) is 0 Å². The number of carbonyl (C=O) groups excluding carboxylic acids is 2. The van der Waals surface area contributed by atoms with Gasteiger partial charge in [-0.3, -0.25) is 0 Å². The molecule has 0 aliphatic heterocycles. The summed E-state index contributed by atoms with van der Waals surface area (Å²) < 4.78 is 2.10. The Labute approximate surface area is 60.5 Å². The van der Waals surface area contributed by atoms with Gasteiger partial charge in [-0.15, -0.1) is 0 Å². The van der Waals surface area contributed by atoms with Crippen LogP contribution in [0.15, 0.2) is 3.81 Å². The molecule has 0 spiro atoms. The first-order valence-electron chi connectivity index (χ1n) is 1.39. The van der Waals surface area contributed by atoms with Gasteiger partial charge in [0.2, 0.25) is 0 Å². The third-order valence-electron chi connectivity index (χ3n) is 0.167. The summed E-state index contributed by atoms with van der Waals surface area (Å²) in [7, 11) is 0. The second-order valence-corrected chi connectivity index (χ2v) is 0.916. The van der Waals surface area contributed by atoms with E-state index in [0.717, 1.165) is 0 Å². The number of aliphatic carboxylic acids is 2. The van der Waals surface area contributed by atoms with E-state index in [4.69, 9.17) is 24.7 Å². The van der Waals surface area contributed by atoms with Gasteiger partial charge in [-0.25, -0.2) is 0 Å². The molecule has 7 heteroatoms. The van der Waals surface area contributed by atoms with Gasteiger partial charge in [0, 0.05) is 0 Å². The van der Waals surface area contributed by atoms with E-state index in [1.165, 1.54) is 0 Å². The Hall–Kier alpha value is -0.798. The molecule has 0 saturated heterocycles. The van der Waals surface area contributed by atoms with Gasteiger partial charge in [-0.2, -0.15) is 0 Å². The molecule has 0 amide bonds. The molecular formula is C2NO5Pd. The molecule has 0 N–H and O–H groups in total. The fourth-order valence-electron chi connectivity index (χ4n) is 0. The van der Waals surface area contributed by atoms with Crippen LogP contribution in [0.2, 0.25) is 0 Å². The number of carboxylic acid groups (broad SMARTS) is 2. The SMILES string of the molecule is O=C([O-])C(=O)[O-].O=[N][Pd+2]. The third-order valence-corrected chi connectivity index (χ3v) is 0.167. The number of nitrogens with zero attached hydrogens (tertiary/aromatic N) is 1. The van der Waals surface area contributed by atoms with Crippen molar-refractivity contribution in [2.45, 2.75) is 0 Å². The number of rotatable bonds is 0. The van der Waals surface area contributed by atoms with Crippen molar-refractivity contribution in [3.8, 4) is 0 Å². The molecule has 0 fully saturated rings. The molecule has 0 aromatic heterocycles. The molecule has 0 atom stereocenters. The molecule has 0 aliphatic rings. The Bertz CT molecular complexity index is 110. The van der Waals surface area contributed by atoms with Crippen LogP contribution in [0, 0.1) is 4.91 Å². The zero-order valence-electron chi connectivity index (χ0n) is 3.80. The third kappa shape index (κ3) is 19.0. The molecular weight excluding hydrogens is 224 g/mol. The summed E-state index contributed by atoms with van der Waals surface area (Å²) >= 11 is 2.01. The standard InChI is InChI=1S/C2H2O4.NO.Pd/c3-1(4)2(5)6;1-2;/h(H,3,4)(H,5,6);;/q;-1;+3/p-2. The maximum atomic E-state index is 8.93. The molecule has 0 heterocycles. The topological polar surface area (TPSA) is 110 Å². The van der Waals surface area contributed by atoms with E-state index in [1.54, 1.807) is 0 Å². The Morgan fingerprint density at radius 3 is 1.33 bits per heavy atom. The van der Waals surface area contributed by atoms with Crippen LogP contribution in [0.25, 0.3) is 0 Å². The number of nitroso groups, excluding NO2 is 1. The van der Waals surface area contributed by atoms with Crippen LogP contribution in [0.4, 0.5) is 0 Å². The van der Waals surface area contributed by atoms with Gasteiger partial charge in [0.25, 0.3) is 0 Å². The molecule has 6 nitrogen and oxygen atoms in total. The van der Waals surface area contributed by atoms with E-state index in [9.17, 15) is 0 Å². The van der Waals surface area contributed by atoms with Crippen molar-refractivity contribution in [3.05, 3.63) is 4.91 Å². The predicted molar refractivity (Wildman–Crippen MR) is 15.8 cm³/mol. The van der Waals surface area contributed by atoms with Crippen molar-refractivity contribution in [2.75, 3.05) is 0 Å². The van der Waals surface area contributed by atoms with Crippen LogP contribution in [-0.2, 0) is 29.0 Å². The van der Waals surface area contributed by atoms with E-state index in [2.05, 4.69) is 3.81 Å². The van der Waals surface area contributed by atoms with E-state index < -0.39 is 11.9 Å². The molecule has 0 rings (SSSR count). The Morgan fingerprint density at radius 1 is 1.22 bits per heavy atom. The van der Waals surface area contributed by atoms with E-state index >= 15 is 0 Å². The molecule has 0 unspecified atom stereocenters. The van der Waals surface area contributed by atoms with Crippen molar-refractivity contribution in [3.63, 3.8) is 0 Å². The Kier molecular flexibility index (Phi) is 8.85. The second-order valence-electron chi connectivity index (χ2n) is 0.633. The summed E-state index contributed by atoms with van der Waals surface area (Å²) in [6, 6.07) is 0. The number of hydrogen-bond acceptors (Lipinski definition) is 6. The van der Waals surface area contributed by atoms with Gasteiger partial charge in [0.05, 0.1) is 11.9 Å². The number of carboxylic acids is 2. The first-order chi connectivity index (χ1) is 4.06. The zero-order valence-corrected chi connectivity index (χ0v) is 5.36. The summed E-state index contributed by atoms with van der Waals surface area (Å²) in [5, 5.41) is 17.9. The van der Waals surface area contributed by atoms with Gasteiger partial charge in [0.1, 0.15) is 0 Å². The molecule has 0 saturated carbocycles. The van der Waals surface area contributed by atoms with Crippen molar-refractivity contribution >= 4 is 11.9 Å². The van der Waals surface area contributed by atoms with Crippen molar-refractivity contribution in [1.82, 2.24) is 0 Å². The van der Waals surface area contributed by atoms with Gasteiger partial charge in [0.15, 0.2) is 0 Å². The molecule has 0 bridgehead atoms. The van der Waals surface area contributed by atoms with Gasteiger partial charge < -0.3 is 19.8 Å². The van der Waals surface area contributed by atoms with Crippen molar-refractivity contribution in [1.29, 1.82) is 0 Å². The first-order valence-corrected chi connectivity index (χ1v) is 2.09. The van der Waals surface area contributed by atoms with Crippen molar-refractivity contribution < 1.29 is 39.2 Å². The predicted octanol–water partition coefficient (Wildman–Crippen LogP) is -3.30. The molecule has 9 heavy (non-hydrogen) atoms. The Balaban J connectivity index is 0. The summed E-state index contributed by atoms with van der Waals surface area (Å²) in [5.74, 6) is -4.37. The Morgan fingerprint density at radius 2 is 1.33 bits per heavy atom. The van der Waals surface area contributed by atoms with Crippen molar-refractivity contribution in [2.24, 2.45) is 3.81 Å². The monoisotopic (exact) mass is 224 g/mol. The van der Waals surface area contributed by atoms with E-state index in [0.29, 0.717) is 0 Å². The molecule has 0 aliphatic carbocycles. The summed E-state index contributed by atoms with van der Waals surface area (Å²) in [5.41, 5.74) is 0. The van der Waals surface area contributed by atoms with E-state index in [-0.39, 0.29) is 0 Å². The average molecular weight is 224 g/mol. The minimum atomic E-state index is -2.19. The second kappa shape index (κ2) is 7.20. The number of hydrogen-bond donors (Lipinski definition) is 0. The number of carbonyl (C=O) groups is 2. The van der Waals surface area contributed by atoms with Crippen LogP contribution < -0.4 is 10.2 Å². The van der Waals surface area contributed by atoms with Crippen LogP contribution in [0.1, 0.15) is 0 Å². The van der Waals surface area contributed by atoms with Crippen LogP contribution >= 0.6 is 0 Å². The molecule has 0 aromatic rings. The quantitative estimate of drug-likeness (QED) is 0.243. The summed E-state index contributed by atoms with van der Waals surface area (Å²) in [6.45, 7) is 0. The van der Waals surface area contributed by atoms with Crippen LogP contribution in [-0.4, -0.2) is 11.9 Å². The zero-order chi connectivity index (χ0) is 7.86. The van der Waals surface area contributed by atoms with Crippen LogP contribution in [0.5, 0.6) is 0 Å². The van der Waals surface area contributed by atoms with E-state index in [1.807, 2.05) is 19.4 Å². The van der Waals surface area contributed by atoms with Gasteiger partial charge >= 0.3 is 28.2 Å². The fraction of sp³-hybridized carbons (Fsp3) is 0. The molecule has 0 aromatic carbocycles. The molecule has 0 radical (unpaired) electrons. The average Bonchev–Trinajstić information content (AvgIpc) is 1.68. The normalized spacial score (nSPS) is 6.33. The van der Waals surface area contributed by atoms with Gasteiger partial charge in [-0.05, 0) is 0 Å². The van der Waals surface area contributed by atoms with Gasteiger partial charge in [-0.1, -0.05) is 0 Å². The molecule has 53 valence electrons. The first kappa shape index (κ1) is 11.1. The maximum absolute atomic E-state index is 8.93. The summed E-state index contributed by atoms with van der Waals surface area (Å²) in [4.78, 5) is 26.3.